The van der Waals surface area contributed by atoms with Crippen LogP contribution in [0.25, 0.3) is 0 Å². The van der Waals surface area contributed by atoms with E-state index in [0.717, 1.165) is 11.6 Å². The Morgan fingerprint density at radius 1 is 1.47 bits per heavy atom. The number of hydrogen-bond donors (Lipinski definition) is 1. The number of nitrogens with zero attached hydrogens (tertiary/aromatic N) is 1. The Hall–Kier alpha value is -1.95. The topological polar surface area (TPSA) is 55.2 Å². The monoisotopic (exact) mass is 280 g/mol. The van der Waals surface area contributed by atoms with Crippen molar-refractivity contribution in [2.45, 2.75) is 19.9 Å². The number of rotatable bonds is 4. The van der Waals surface area contributed by atoms with E-state index in [0.29, 0.717) is 11.3 Å². The number of nitro benzene ring substituents is 1. The number of hydrogen-bond acceptors (Lipinski definition) is 4. The zero-order chi connectivity index (χ0) is 14.0. The third-order valence-corrected chi connectivity index (χ3v) is 3.59. The third kappa shape index (κ3) is 2.90. The number of anilines is 1. The van der Waals surface area contributed by atoms with Crippen LogP contribution in [-0.4, -0.2) is 4.92 Å². The van der Waals surface area contributed by atoms with Gasteiger partial charge in [0, 0.05) is 6.04 Å². The SMILES string of the molecule is Cc1cc(NC(C)c2ccsc2)c([N+](=O)[O-])cc1F. The Morgan fingerprint density at radius 3 is 2.79 bits per heavy atom. The highest BCUT2D eigenvalue weighted by Crippen LogP contribution is 2.31. The van der Waals surface area contributed by atoms with Crippen LogP contribution >= 0.6 is 11.3 Å². The molecule has 0 bridgehead atoms. The molecule has 6 heteroatoms. The second-order valence-corrected chi connectivity index (χ2v) is 5.08. The molecule has 0 aliphatic carbocycles. The third-order valence-electron chi connectivity index (χ3n) is 2.89. The molecule has 1 unspecified atom stereocenters. The maximum absolute atomic E-state index is 13.4. The average Bonchev–Trinajstić information content (AvgIpc) is 2.86. The number of halogens is 1. The van der Waals surface area contributed by atoms with Gasteiger partial charge in [-0.15, -0.1) is 0 Å². The second-order valence-electron chi connectivity index (χ2n) is 4.30. The second kappa shape index (κ2) is 5.36. The van der Waals surface area contributed by atoms with E-state index < -0.39 is 10.7 Å². The quantitative estimate of drug-likeness (QED) is 0.672. The Bertz CT molecular complexity index is 599. The summed E-state index contributed by atoms with van der Waals surface area (Å²) in [5.74, 6) is -0.569. The molecule has 1 aromatic carbocycles. The summed E-state index contributed by atoms with van der Waals surface area (Å²) in [6.45, 7) is 3.49. The number of nitro groups is 1. The van der Waals surface area contributed by atoms with Crippen molar-refractivity contribution in [3.8, 4) is 0 Å². The van der Waals surface area contributed by atoms with Crippen LogP contribution in [-0.2, 0) is 0 Å². The molecule has 0 saturated carbocycles. The smallest absolute Gasteiger partial charge is 0.295 e. The molecule has 2 rings (SSSR count). The van der Waals surface area contributed by atoms with Crippen LogP contribution < -0.4 is 5.32 Å². The lowest BCUT2D eigenvalue weighted by Crippen LogP contribution is -2.08. The summed E-state index contributed by atoms with van der Waals surface area (Å²) < 4.78 is 13.4. The van der Waals surface area contributed by atoms with E-state index in [-0.39, 0.29) is 11.7 Å². The van der Waals surface area contributed by atoms with E-state index in [1.807, 2.05) is 23.8 Å². The molecule has 0 fully saturated rings. The molecule has 0 saturated heterocycles. The van der Waals surface area contributed by atoms with Gasteiger partial charge >= 0.3 is 0 Å². The Balaban J connectivity index is 2.33. The first-order valence-corrected chi connectivity index (χ1v) is 6.66. The lowest BCUT2D eigenvalue weighted by molar-refractivity contribution is -0.384. The lowest BCUT2D eigenvalue weighted by Gasteiger charge is -2.15. The Morgan fingerprint density at radius 2 is 2.21 bits per heavy atom. The van der Waals surface area contributed by atoms with E-state index >= 15 is 0 Å². The molecular weight excluding hydrogens is 267 g/mol. The van der Waals surface area contributed by atoms with E-state index in [9.17, 15) is 14.5 Å². The van der Waals surface area contributed by atoms with Crippen LogP contribution in [0.15, 0.2) is 29.0 Å². The van der Waals surface area contributed by atoms with E-state index in [4.69, 9.17) is 0 Å². The van der Waals surface area contributed by atoms with Crippen LogP contribution in [0.2, 0.25) is 0 Å². The molecule has 1 heterocycles. The Kier molecular flexibility index (Phi) is 3.80. The first-order chi connectivity index (χ1) is 8.99. The van der Waals surface area contributed by atoms with E-state index in [1.165, 1.54) is 6.07 Å². The van der Waals surface area contributed by atoms with Crippen molar-refractivity contribution < 1.29 is 9.31 Å². The lowest BCUT2D eigenvalue weighted by atomic mass is 10.1. The molecule has 0 aliphatic heterocycles. The minimum absolute atomic E-state index is 0.0742. The van der Waals surface area contributed by atoms with Crippen molar-refractivity contribution in [3.63, 3.8) is 0 Å². The molecule has 0 aliphatic rings. The van der Waals surface area contributed by atoms with Crippen molar-refractivity contribution in [3.05, 3.63) is 56.0 Å². The van der Waals surface area contributed by atoms with Crippen LogP contribution in [0.4, 0.5) is 15.8 Å². The molecule has 0 radical (unpaired) electrons. The highest BCUT2D eigenvalue weighted by molar-refractivity contribution is 7.07. The van der Waals surface area contributed by atoms with Crippen LogP contribution in [0, 0.1) is 22.9 Å². The molecule has 0 spiro atoms. The molecule has 1 aromatic heterocycles. The van der Waals surface area contributed by atoms with Crippen molar-refractivity contribution in [1.29, 1.82) is 0 Å². The molecular formula is C13H13FN2O2S. The van der Waals surface area contributed by atoms with Gasteiger partial charge in [0.05, 0.1) is 11.0 Å². The van der Waals surface area contributed by atoms with Gasteiger partial charge in [0.15, 0.2) is 0 Å². The number of benzene rings is 1. The molecule has 2 aromatic rings. The summed E-state index contributed by atoms with van der Waals surface area (Å²) in [4.78, 5) is 10.4. The molecule has 1 atom stereocenters. The fourth-order valence-electron chi connectivity index (χ4n) is 1.78. The summed E-state index contributed by atoms with van der Waals surface area (Å²) in [6, 6.07) is 4.30. The van der Waals surface area contributed by atoms with E-state index in [1.54, 1.807) is 18.3 Å². The molecule has 0 amide bonds. The van der Waals surface area contributed by atoms with Crippen LogP contribution in [0.3, 0.4) is 0 Å². The standard InChI is InChI=1S/C13H13FN2O2S/c1-8-5-12(13(16(17)18)6-11(8)14)15-9(2)10-3-4-19-7-10/h3-7,9,15H,1-2H3. The molecule has 19 heavy (non-hydrogen) atoms. The summed E-state index contributed by atoms with van der Waals surface area (Å²) >= 11 is 1.56. The normalized spacial score (nSPS) is 12.2. The highest BCUT2D eigenvalue weighted by Gasteiger charge is 2.19. The first-order valence-electron chi connectivity index (χ1n) is 5.72. The number of thiophene rings is 1. The first kappa shape index (κ1) is 13.5. The minimum Gasteiger partial charge on any atom is -0.373 e. The van der Waals surface area contributed by atoms with Gasteiger partial charge in [-0.05, 0) is 47.9 Å². The Labute approximate surface area is 114 Å². The molecule has 1 N–H and O–H groups in total. The zero-order valence-corrected chi connectivity index (χ0v) is 11.3. The molecule has 4 nitrogen and oxygen atoms in total. The maximum atomic E-state index is 13.4. The zero-order valence-electron chi connectivity index (χ0n) is 10.5. The van der Waals surface area contributed by atoms with Gasteiger partial charge < -0.3 is 5.32 Å². The maximum Gasteiger partial charge on any atom is 0.295 e. The number of nitrogens with one attached hydrogen (secondary N) is 1. The predicted molar refractivity (Wildman–Crippen MR) is 74.1 cm³/mol. The van der Waals surface area contributed by atoms with Gasteiger partial charge in [-0.2, -0.15) is 11.3 Å². The summed E-state index contributed by atoms with van der Waals surface area (Å²) in [5, 5.41) is 17.9. The predicted octanol–water partition coefficient (Wildman–Crippen LogP) is 4.28. The van der Waals surface area contributed by atoms with Gasteiger partial charge in [-0.3, -0.25) is 10.1 Å². The minimum atomic E-state index is -0.578. The van der Waals surface area contributed by atoms with Gasteiger partial charge in [-0.1, -0.05) is 0 Å². The van der Waals surface area contributed by atoms with Gasteiger partial charge in [0.25, 0.3) is 5.69 Å². The van der Waals surface area contributed by atoms with Gasteiger partial charge in [0.1, 0.15) is 11.5 Å². The highest BCUT2D eigenvalue weighted by atomic mass is 32.1. The van der Waals surface area contributed by atoms with Crippen LogP contribution in [0.5, 0.6) is 0 Å². The largest absolute Gasteiger partial charge is 0.373 e. The molecule has 100 valence electrons. The average molecular weight is 280 g/mol. The van der Waals surface area contributed by atoms with Crippen molar-refractivity contribution >= 4 is 22.7 Å². The number of aryl methyl sites for hydroxylation is 1. The van der Waals surface area contributed by atoms with Crippen molar-refractivity contribution in [2.24, 2.45) is 0 Å². The summed E-state index contributed by atoms with van der Waals surface area (Å²) in [6.07, 6.45) is 0. The summed E-state index contributed by atoms with van der Waals surface area (Å²) in [7, 11) is 0. The van der Waals surface area contributed by atoms with Crippen molar-refractivity contribution in [1.82, 2.24) is 0 Å². The van der Waals surface area contributed by atoms with Crippen molar-refractivity contribution in [2.75, 3.05) is 5.32 Å². The van der Waals surface area contributed by atoms with E-state index in [2.05, 4.69) is 5.32 Å². The fourth-order valence-corrected chi connectivity index (χ4v) is 2.53. The van der Waals surface area contributed by atoms with Gasteiger partial charge in [0.2, 0.25) is 0 Å². The van der Waals surface area contributed by atoms with Gasteiger partial charge in [-0.25, -0.2) is 4.39 Å². The van der Waals surface area contributed by atoms with Crippen LogP contribution in [0.1, 0.15) is 24.1 Å². The summed E-state index contributed by atoms with van der Waals surface area (Å²) in [5.41, 5.74) is 1.51. The fraction of sp³-hybridized carbons (Fsp3) is 0.231.